The predicted molar refractivity (Wildman–Crippen MR) is 86.1 cm³/mol. The Morgan fingerprint density at radius 1 is 1.14 bits per heavy atom. The van der Waals surface area contributed by atoms with Crippen LogP contribution in [0.5, 0.6) is 11.5 Å². The summed E-state index contributed by atoms with van der Waals surface area (Å²) >= 11 is 0. The van der Waals surface area contributed by atoms with Crippen molar-refractivity contribution >= 4 is 0 Å². The molecule has 0 saturated carbocycles. The van der Waals surface area contributed by atoms with Gasteiger partial charge in [-0.1, -0.05) is 32.9 Å². The molecule has 120 valence electrons. The van der Waals surface area contributed by atoms with Crippen LogP contribution in [0, 0.1) is 5.41 Å². The third-order valence-electron chi connectivity index (χ3n) is 3.36. The van der Waals surface area contributed by atoms with Gasteiger partial charge < -0.3 is 19.9 Å². The summed E-state index contributed by atoms with van der Waals surface area (Å²) in [5, 5.41) is 12.6. The Hall–Kier alpha value is -1.26. The molecule has 1 unspecified atom stereocenters. The topological polar surface area (TPSA) is 50.7 Å². The van der Waals surface area contributed by atoms with Gasteiger partial charge in [0.2, 0.25) is 0 Å². The van der Waals surface area contributed by atoms with Crippen LogP contribution in [0.1, 0.15) is 34.1 Å². The van der Waals surface area contributed by atoms with E-state index in [2.05, 4.69) is 26.1 Å². The normalized spacial score (nSPS) is 13.0. The number of para-hydroxylation sites is 2. The van der Waals surface area contributed by atoms with E-state index in [1.54, 1.807) is 0 Å². The van der Waals surface area contributed by atoms with Crippen LogP contribution in [0.2, 0.25) is 0 Å². The summed E-state index contributed by atoms with van der Waals surface area (Å²) in [4.78, 5) is 0. The van der Waals surface area contributed by atoms with Gasteiger partial charge in [0.1, 0.15) is 6.61 Å². The van der Waals surface area contributed by atoms with E-state index >= 15 is 0 Å². The molecule has 0 aliphatic heterocycles. The van der Waals surface area contributed by atoms with E-state index in [-0.39, 0.29) is 18.1 Å². The first-order valence-electron chi connectivity index (χ1n) is 7.68. The zero-order valence-corrected chi connectivity index (χ0v) is 13.7. The van der Waals surface area contributed by atoms with E-state index in [0.717, 1.165) is 24.5 Å². The smallest absolute Gasteiger partial charge is 0.161 e. The average Bonchev–Trinajstić information content (AvgIpc) is 2.43. The van der Waals surface area contributed by atoms with Gasteiger partial charge >= 0.3 is 0 Å². The average molecular weight is 295 g/mol. The Balaban J connectivity index is 2.43. The van der Waals surface area contributed by atoms with E-state index < -0.39 is 0 Å². The highest BCUT2D eigenvalue weighted by molar-refractivity contribution is 5.39. The van der Waals surface area contributed by atoms with Crippen LogP contribution in [-0.2, 0) is 0 Å². The van der Waals surface area contributed by atoms with Gasteiger partial charge in [-0.25, -0.2) is 0 Å². The third kappa shape index (κ3) is 6.36. The monoisotopic (exact) mass is 295 g/mol. The Labute approximate surface area is 128 Å². The first-order valence-corrected chi connectivity index (χ1v) is 7.68. The molecule has 2 N–H and O–H groups in total. The molecule has 0 aliphatic rings. The van der Waals surface area contributed by atoms with Crippen LogP contribution in [0.25, 0.3) is 0 Å². The number of benzene rings is 1. The standard InChI is InChI=1S/C17H29NO3/c1-5-20-14-8-6-7-9-15(14)21-13-11-18-16(10-12-19)17(2,3)4/h6-9,16,18-19H,5,10-13H2,1-4H3. The summed E-state index contributed by atoms with van der Waals surface area (Å²) in [5.41, 5.74) is 0.117. The molecule has 1 aromatic rings. The SMILES string of the molecule is CCOc1ccccc1OCCNC(CCO)C(C)(C)C. The molecule has 1 rings (SSSR count). The van der Waals surface area contributed by atoms with Crippen LogP contribution in [0.4, 0.5) is 0 Å². The summed E-state index contributed by atoms with van der Waals surface area (Å²) in [6, 6.07) is 7.98. The maximum atomic E-state index is 9.14. The molecule has 0 aliphatic carbocycles. The van der Waals surface area contributed by atoms with Gasteiger partial charge in [-0.3, -0.25) is 0 Å². The lowest BCUT2D eigenvalue weighted by atomic mass is 9.85. The van der Waals surface area contributed by atoms with Crippen molar-refractivity contribution in [2.45, 2.75) is 40.2 Å². The maximum Gasteiger partial charge on any atom is 0.161 e. The lowest BCUT2D eigenvalue weighted by Gasteiger charge is -2.31. The molecular formula is C17H29NO3. The summed E-state index contributed by atoms with van der Waals surface area (Å²) in [7, 11) is 0. The number of hydrogen-bond acceptors (Lipinski definition) is 4. The molecule has 0 fully saturated rings. The van der Waals surface area contributed by atoms with Gasteiger partial charge in [0.05, 0.1) is 6.61 Å². The second-order valence-corrected chi connectivity index (χ2v) is 6.11. The molecule has 0 radical (unpaired) electrons. The Kier molecular flexibility index (Phi) is 7.54. The molecule has 0 amide bonds. The molecular weight excluding hydrogens is 266 g/mol. The quantitative estimate of drug-likeness (QED) is 0.688. The van der Waals surface area contributed by atoms with Crippen molar-refractivity contribution in [3.8, 4) is 11.5 Å². The number of aliphatic hydroxyl groups is 1. The first-order chi connectivity index (χ1) is 9.99. The number of rotatable bonds is 9. The molecule has 21 heavy (non-hydrogen) atoms. The number of hydrogen-bond donors (Lipinski definition) is 2. The number of nitrogens with one attached hydrogen (secondary N) is 1. The van der Waals surface area contributed by atoms with Gasteiger partial charge in [0.15, 0.2) is 11.5 Å². The largest absolute Gasteiger partial charge is 0.490 e. The highest BCUT2D eigenvalue weighted by Crippen LogP contribution is 2.26. The molecule has 0 aromatic heterocycles. The van der Waals surface area contributed by atoms with Crippen molar-refractivity contribution in [2.75, 3.05) is 26.4 Å². The minimum absolute atomic E-state index is 0.117. The summed E-state index contributed by atoms with van der Waals surface area (Å²) in [5.74, 6) is 1.55. The predicted octanol–water partition coefficient (Wildman–Crippen LogP) is 2.85. The maximum absolute atomic E-state index is 9.14. The van der Waals surface area contributed by atoms with Crippen molar-refractivity contribution in [1.82, 2.24) is 5.32 Å². The van der Waals surface area contributed by atoms with E-state index in [9.17, 15) is 0 Å². The van der Waals surface area contributed by atoms with Gasteiger partial charge in [-0.15, -0.1) is 0 Å². The van der Waals surface area contributed by atoms with Crippen molar-refractivity contribution in [2.24, 2.45) is 5.41 Å². The van der Waals surface area contributed by atoms with E-state index in [1.807, 2.05) is 31.2 Å². The van der Waals surface area contributed by atoms with Crippen molar-refractivity contribution in [3.63, 3.8) is 0 Å². The zero-order chi connectivity index (χ0) is 15.7. The Bertz CT molecular complexity index is 401. The van der Waals surface area contributed by atoms with Gasteiger partial charge in [0, 0.05) is 19.2 Å². The van der Waals surface area contributed by atoms with Gasteiger partial charge in [-0.05, 0) is 30.9 Å². The molecule has 0 heterocycles. The van der Waals surface area contributed by atoms with Crippen molar-refractivity contribution < 1.29 is 14.6 Å². The van der Waals surface area contributed by atoms with Crippen LogP contribution in [0.15, 0.2) is 24.3 Å². The second kappa shape index (κ2) is 8.90. The number of ether oxygens (including phenoxy) is 2. The molecule has 4 nitrogen and oxygen atoms in total. The molecule has 0 spiro atoms. The fraction of sp³-hybridized carbons (Fsp3) is 0.647. The van der Waals surface area contributed by atoms with E-state index in [0.29, 0.717) is 13.2 Å². The van der Waals surface area contributed by atoms with Crippen LogP contribution < -0.4 is 14.8 Å². The number of aliphatic hydroxyl groups excluding tert-OH is 1. The Morgan fingerprint density at radius 3 is 2.29 bits per heavy atom. The fourth-order valence-electron chi connectivity index (χ4n) is 2.21. The molecule has 0 bridgehead atoms. The molecule has 0 saturated heterocycles. The summed E-state index contributed by atoms with van der Waals surface area (Å²) in [6.07, 6.45) is 0.749. The summed E-state index contributed by atoms with van der Waals surface area (Å²) < 4.78 is 11.3. The van der Waals surface area contributed by atoms with Gasteiger partial charge in [0.25, 0.3) is 0 Å². The van der Waals surface area contributed by atoms with Crippen LogP contribution in [-0.4, -0.2) is 37.5 Å². The molecule has 1 atom stereocenters. The van der Waals surface area contributed by atoms with Crippen LogP contribution in [0.3, 0.4) is 0 Å². The zero-order valence-electron chi connectivity index (χ0n) is 13.7. The lowest BCUT2D eigenvalue weighted by molar-refractivity contribution is 0.188. The lowest BCUT2D eigenvalue weighted by Crippen LogP contribution is -2.42. The highest BCUT2D eigenvalue weighted by Gasteiger charge is 2.23. The Morgan fingerprint density at radius 2 is 1.76 bits per heavy atom. The van der Waals surface area contributed by atoms with E-state index in [4.69, 9.17) is 14.6 Å². The van der Waals surface area contributed by atoms with Crippen LogP contribution >= 0.6 is 0 Å². The molecule has 1 aromatic carbocycles. The van der Waals surface area contributed by atoms with Gasteiger partial charge in [-0.2, -0.15) is 0 Å². The van der Waals surface area contributed by atoms with Crippen molar-refractivity contribution in [3.05, 3.63) is 24.3 Å². The van der Waals surface area contributed by atoms with Crippen molar-refractivity contribution in [1.29, 1.82) is 0 Å². The second-order valence-electron chi connectivity index (χ2n) is 6.11. The minimum Gasteiger partial charge on any atom is -0.490 e. The first kappa shape index (κ1) is 17.8. The van der Waals surface area contributed by atoms with E-state index in [1.165, 1.54) is 0 Å². The molecule has 4 heteroatoms. The highest BCUT2D eigenvalue weighted by atomic mass is 16.5. The minimum atomic E-state index is 0.117. The summed E-state index contributed by atoms with van der Waals surface area (Å²) in [6.45, 7) is 10.6. The fourth-order valence-corrected chi connectivity index (χ4v) is 2.21. The third-order valence-corrected chi connectivity index (χ3v) is 3.36.